The van der Waals surface area contributed by atoms with Crippen LogP contribution in [0.1, 0.15) is 45.4 Å². The van der Waals surface area contributed by atoms with E-state index >= 15 is 0 Å². The Morgan fingerprint density at radius 1 is 1.31 bits per heavy atom. The van der Waals surface area contributed by atoms with E-state index in [2.05, 4.69) is 23.1 Å². The molecule has 2 fully saturated rings. The van der Waals surface area contributed by atoms with Gasteiger partial charge in [-0.3, -0.25) is 4.90 Å². The Hall–Kier alpha value is -0.520. The molecule has 2 bridgehead atoms. The molecule has 0 aromatic carbocycles. The van der Waals surface area contributed by atoms with Crippen molar-refractivity contribution in [3.63, 3.8) is 0 Å². The van der Waals surface area contributed by atoms with Crippen molar-refractivity contribution in [3.8, 4) is 12.3 Å². The van der Waals surface area contributed by atoms with Crippen molar-refractivity contribution in [3.05, 3.63) is 0 Å². The molecule has 0 radical (unpaired) electrons. The second-order valence-electron chi connectivity index (χ2n) is 5.16. The number of terminal acetylenes is 1. The maximum atomic E-state index is 5.31. The fraction of sp³-hybridized carbons (Fsp3) is 0.857. The summed E-state index contributed by atoms with van der Waals surface area (Å²) >= 11 is 0. The number of nitrogens with zero attached hydrogens (tertiary/aromatic N) is 1. The summed E-state index contributed by atoms with van der Waals surface area (Å²) in [5.74, 6) is 2.75. The van der Waals surface area contributed by atoms with E-state index in [0.29, 0.717) is 0 Å². The predicted molar refractivity (Wildman–Crippen MR) is 68.3 cm³/mol. The van der Waals surface area contributed by atoms with E-state index in [1.165, 1.54) is 38.6 Å². The maximum Gasteiger partial charge on any atom is 0.0114 e. The molecule has 2 aliphatic heterocycles. The molecule has 2 heterocycles. The van der Waals surface area contributed by atoms with Gasteiger partial charge in [0.2, 0.25) is 0 Å². The van der Waals surface area contributed by atoms with E-state index in [-0.39, 0.29) is 0 Å². The minimum Gasteiger partial charge on any atom is -0.314 e. The van der Waals surface area contributed by atoms with Crippen LogP contribution >= 0.6 is 0 Å². The zero-order valence-electron chi connectivity index (χ0n) is 10.4. The minimum atomic E-state index is 0.770. The summed E-state index contributed by atoms with van der Waals surface area (Å²) in [5.41, 5.74) is 0. The molecule has 0 spiro atoms. The van der Waals surface area contributed by atoms with Gasteiger partial charge < -0.3 is 5.32 Å². The molecule has 2 aliphatic rings. The van der Waals surface area contributed by atoms with Gasteiger partial charge in [0.05, 0.1) is 0 Å². The van der Waals surface area contributed by atoms with E-state index in [4.69, 9.17) is 6.42 Å². The standard InChI is InChI=1S/C14H24N2/c1-3-5-6-9-16-13-7-8-14(16)11-12(10-13)15-4-2/h1,12-15H,4-11H2,2H3. The molecule has 2 atom stereocenters. The molecule has 90 valence electrons. The second kappa shape index (κ2) is 5.70. The smallest absolute Gasteiger partial charge is 0.0114 e. The summed E-state index contributed by atoms with van der Waals surface area (Å²) in [6.45, 7) is 4.54. The first-order valence-electron chi connectivity index (χ1n) is 6.77. The summed E-state index contributed by atoms with van der Waals surface area (Å²) < 4.78 is 0. The molecule has 0 amide bonds. The summed E-state index contributed by atoms with van der Waals surface area (Å²) in [6.07, 6.45) is 12.9. The van der Waals surface area contributed by atoms with Crippen molar-refractivity contribution in [1.29, 1.82) is 0 Å². The number of hydrogen-bond acceptors (Lipinski definition) is 2. The van der Waals surface area contributed by atoms with Gasteiger partial charge >= 0.3 is 0 Å². The van der Waals surface area contributed by atoms with Crippen LogP contribution in [0.25, 0.3) is 0 Å². The lowest BCUT2D eigenvalue weighted by Gasteiger charge is -2.39. The summed E-state index contributed by atoms with van der Waals surface area (Å²) in [6, 6.07) is 2.44. The Bertz CT molecular complexity index is 242. The van der Waals surface area contributed by atoms with Gasteiger partial charge in [-0.25, -0.2) is 0 Å². The molecular weight excluding hydrogens is 196 g/mol. The Morgan fingerprint density at radius 3 is 2.56 bits per heavy atom. The quantitative estimate of drug-likeness (QED) is 0.563. The molecule has 0 saturated carbocycles. The molecule has 2 rings (SSSR count). The van der Waals surface area contributed by atoms with Gasteiger partial charge in [0.25, 0.3) is 0 Å². The van der Waals surface area contributed by atoms with Crippen molar-refractivity contribution in [2.24, 2.45) is 0 Å². The lowest BCUT2D eigenvalue weighted by atomic mass is 9.97. The van der Waals surface area contributed by atoms with Crippen LogP contribution in [0.2, 0.25) is 0 Å². The van der Waals surface area contributed by atoms with E-state index in [1.807, 2.05) is 0 Å². The van der Waals surface area contributed by atoms with Crippen LogP contribution in [-0.2, 0) is 0 Å². The highest BCUT2D eigenvalue weighted by atomic mass is 15.2. The monoisotopic (exact) mass is 220 g/mol. The molecule has 2 nitrogen and oxygen atoms in total. The topological polar surface area (TPSA) is 15.3 Å². The number of hydrogen-bond donors (Lipinski definition) is 1. The average Bonchev–Trinajstić information content (AvgIpc) is 2.52. The first-order chi connectivity index (χ1) is 7.85. The Morgan fingerprint density at radius 2 is 2.00 bits per heavy atom. The van der Waals surface area contributed by atoms with Gasteiger partial charge in [-0.1, -0.05) is 6.92 Å². The van der Waals surface area contributed by atoms with Crippen LogP contribution in [0.4, 0.5) is 0 Å². The number of unbranched alkanes of at least 4 members (excludes halogenated alkanes) is 1. The van der Waals surface area contributed by atoms with E-state index in [1.54, 1.807) is 0 Å². The van der Waals surface area contributed by atoms with Crippen LogP contribution in [0.3, 0.4) is 0 Å². The highest BCUT2D eigenvalue weighted by Crippen LogP contribution is 2.35. The predicted octanol–water partition coefficient (Wildman–Crippen LogP) is 2.00. The van der Waals surface area contributed by atoms with Crippen LogP contribution in [0, 0.1) is 12.3 Å². The van der Waals surface area contributed by atoms with Crippen molar-refractivity contribution >= 4 is 0 Å². The van der Waals surface area contributed by atoms with Crippen molar-refractivity contribution in [1.82, 2.24) is 10.2 Å². The molecule has 16 heavy (non-hydrogen) atoms. The van der Waals surface area contributed by atoms with Crippen LogP contribution in [0.5, 0.6) is 0 Å². The zero-order valence-corrected chi connectivity index (χ0v) is 10.4. The lowest BCUT2D eigenvalue weighted by Crippen LogP contribution is -2.49. The van der Waals surface area contributed by atoms with Crippen molar-refractivity contribution in [2.75, 3.05) is 13.1 Å². The van der Waals surface area contributed by atoms with Gasteiger partial charge in [-0.15, -0.1) is 12.3 Å². The normalized spacial score (nSPS) is 33.9. The van der Waals surface area contributed by atoms with Crippen molar-refractivity contribution < 1.29 is 0 Å². The lowest BCUT2D eigenvalue weighted by molar-refractivity contribution is 0.116. The Kier molecular flexibility index (Phi) is 4.26. The van der Waals surface area contributed by atoms with Gasteiger partial charge in [-0.05, 0) is 45.2 Å². The minimum absolute atomic E-state index is 0.770. The van der Waals surface area contributed by atoms with E-state index in [0.717, 1.165) is 31.1 Å². The number of piperidine rings is 1. The summed E-state index contributed by atoms with van der Waals surface area (Å²) in [7, 11) is 0. The Labute approximate surface area is 99.8 Å². The highest BCUT2D eigenvalue weighted by Gasteiger charge is 2.39. The number of nitrogens with one attached hydrogen (secondary N) is 1. The first kappa shape index (κ1) is 12.0. The second-order valence-corrected chi connectivity index (χ2v) is 5.16. The first-order valence-corrected chi connectivity index (χ1v) is 6.77. The van der Waals surface area contributed by atoms with Gasteiger partial charge in [0.15, 0.2) is 0 Å². The fourth-order valence-electron chi connectivity index (χ4n) is 3.46. The molecular formula is C14H24N2. The largest absolute Gasteiger partial charge is 0.314 e. The molecule has 0 aliphatic carbocycles. The van der Waals surface area contributed by atoms with Gasteiger partial charge in [-0.2, -0.15) is 0 Å². The number of rotatable bonds is 5. The summed E-state index contributed by atoms with van der Waals surface area (Å²) in [5, 5.41) is 3.61. The third-order valence-corrected chi connectivity index (χ3v) is 4.11. The highest BCUT2D eigenvalue weighted by molar-refractivity contribution is 4.97. The zero-order chi connectivity index (χ0) is 11.4. The summed E-state index contributed by atoms with van der Waals surface area (Å²) in [4.78, 5) is 2.73. The molecule has 2 unspecified atom stereocenters. The average molecular weight is 220 g/mol. The molecule has 2 saturated heterocycles. The van der Waals surface area contributed by atoms with Gasteiger partial charge in [0, 0.05) is 24.5 Å². The van der Waals surface area contributed by atoms with E-state index < -0.39 is 0 Å². The number of fused-ring (bicyclic) bond motifs is 2. The molecule has 1 N–H and O–H groups in total. The van der Waals surface area contributed by atoms with Crippen molar-refractivity contribution in [2.45, 2.75) is 63.6 Å². The van der Waals surface area contributed by atoms with Crippen LogP contribution in [0.15, 0.2) is 0 Å². The van der Waals surface area contributed by atoms with Crippen LogP contribution in [-0.4, -0.2) is 36.1 Å². The van der Waals surface area contributed by atoms with E-state index in [9.17, 15) is 0 Å². The van der Waals surface area contributed by atoms with Crippen LogP contribution < -0.4 is 5.32 Å². The third-order valence-electron chi connectivity index (χ3n) is 4.11. The SMILES string of the molecule is C#CCCCN1C2CCC1CC(NCC)C2. The molecule has 2 heteroatoms. The maximum absolute atomic E-state index is 5.31. The molecule has 0 aromatic rings. The Balaban J connectivity index is 1.82. The fourth-order valence-corrected chi connectivity index (χ4v) is 3.46. The molecule has 0 aromatic heterocycles. The third kappa shape index (κ3) is 2.59. The van der Waals surface area contributed by atoms with Gasteiger partial charge in [0.1, 0.15) is 0 Å².